The molecule has 0 heterocycles. The molecule has 0 N–H and O–H groups in total. The van der Waals surface area contributed by atoms with E-state index in [0.717, 1.165) is 12.2 Å². The van der Waals surface area contributed by atoms with Crippen molar-refractivity contribution in [3.05, 3.63) is 0 Å². The zero-order valence-corrected chi connectivity index (χ0v) is 8.95. The topological polar surface area (TPSA) is 26.3 Å². The Hall–Kier alpha value is -0.180. The van der Waals surface area contributed by atoms with E-state index in [9.17, 15) is 4.79 Å². The van der Waals surface area contributed by atoms with E-state index < -0.39 is 0 Å². The lowest BCUT2D eigenvalue weighted by atomic mass is 10.1. The average Bonchev–Trinajstić information content (AvgIpc) is 2.00. The monoisotopic (exact) mass is 190 g/mol. The van der Waals surface area contributed by atoms with Crippen LogP contribution in [0.15, 0.2) is 0 Å². The van der Waals surface area contributed by atoms with Crippen LogP contribution in [0.5, 0.6) is 0 Å². The summed E-state index contributed by atoms with van der Waals surface area (Å²) in [7, 11) is 0. The predicted octanol–water partition coefficient (Wildman–Crippen LogP) is 2.33. The molecule has 72 valence electrons. The number of hydrogen-bond acceptors (Lipinski definition) is 3. The molecule has 0 rings (SSSR count). The van der Waals surface area contributed by atoms with Crippen LogP contribution in [0.3, 0.4) is 0 Å². The lowest BCUT2D eigenvalue weighted by molar-refractivity contribution is -0.143. The second kappa shape index (κ2) is 7.47. The van der Waals surface area contributed by atoms with Crippen LogP contribution >= 0.6 is 11.8 Å². The van der Waals surface area contributed by atoms with Gasteiger partial charge in [-0.15, -0.1) is 0 Å². The van der Waals surface area contributed by atoms with Crippen LogP contribution in [-0.4, -0.2) is 24.6 Å². The zero-order chi connectivity index (χ0) is 9.40. The normalized spacial score (nSPS) is 10.3. The molecule has 0 radical (unpaired) electrons. The number of ether oxygens (including phenoxy) is 1. The molecule has 0 aliphatic heterocycles. The molecule has 3 heteroatoms. The summed E-state index contributed by atoms with van der Waals surface area (Å²) in [5.74, 6) is 1.41. The van der Waals surface area contributed by atoms with Crippen molar-refractivity contribution in [1.82, 2.24) is 0 Å². The minimum absolute atomic E-state index is 0.0648. The standard InChI is InChI=1S/C9H18O2S/c1-8(2)4-6-11-9(10)5-7-12-3/h8H,4-7H2,1-3H3. The van der Waals surface area contributed by atoms with E-state index in [1.807, 2.05) is 6.26 Å². The molecule has 0 aromatic rings. The van der Waals surface area contributed by atoms with Crippen molar-refractivity contribution in [1.29, 1.82) is 0 Å². The molecule has 0 amide bonds. The maximum Gasteiger partial charge on any atom is 0.306 e. The number of hydrogen-bond donors (Lipinski definition) is 0. The molecule has 12 heavy (non-hydrogen) atoms. The van der Waals surface area contributed by atoms with Crippen LogP contribution in [0.25, 0.3) is 0 Å². The van der Waals surface area contributed by atoms with E-state index in [-0.39, 0.29) is 5.97 Å². The molecule has 0 aliphatic rings. The summed E-state index contributed by atoms with van der Waals surface area (Å²) in [6, 6.07) is 0. The van der Waals surface area contributed by atoms with Gasteiger partial charge in [0.15, 0.2) is 0 Å². The highest BCUT2D eigenvalue weighted by Crippen LogP contribution is 2.01. The molecule has 2 nitrogen and oxygen atoms in total. The molecule has 0 atom stereocenters. The van der Waals surface area contributed by atoms with E-state index in [4.69, 9.17) is 4.74 Å². The fourth-order valence-corrected chi connectivity index (χ4v) is 1.04. The first-order valence-electron chi connectivity index (χ1n) is 4.31. The van der Waals surface area contributed by atoms with Gasteiger partial charge in [-0.2, -0.15) is 11.8 Å². The van der Waals surface area contributed by atoms with Gasteiger partial charge in [-0.25, -0.2) is 0 Å². The quantitative estimate of drug-likeness (QED) is 0.601. The molecular weight excluding hydrogens is 172 g/mol. The molecule has 0 aromatic carbocycles. The number of thioether (sulfide) groups is 1. The van der Waals surface area contributed by atoms with Crippen LogP contribution in [0, 0.1) is 5.92 Å². The first-order chi connectivity index (χ1) is 5.66. The van der Waals surface area contributed by atoms with Gasteiger partial charge in [-0.1, -0.05) is 13.8 Å². The van der Waals surface area contributed by atoms with Crippen LogP contribution in [0.2, 0.25) is 0 Å². The molecule has 0 saturated carbocycles. The molecule has 0 aromatic heterocycles. The highest BCUT2D eigenvalue weighted by molar-refractivity contribution is 7.98. The number of carbonyl (C=O) groups excluding carboxylic acids is 1. The first kappa shape index (κ1) is 11.8. The Morgan fingerprint density at radius 2 is 2.17 bits per heavy atom. The molecular formula is C9H18O2S. The van der Waals surface area contributed by atoms with E-state index in [0.29, 0.717) is 18.9 Å². The highest BCUT2D eigenvalue weighted by atomic mass is 32.2. The Kier molecular flexibility index (Phi) is 7.36. The summed E-state index contributed by atoms with van der Waals surface area (Å²) >= 11 is 1.67. The third-order valence-corrected chi connectivity index (χ3v) is 2.08. The van der Waals surface area contributed by atoms with Crippen molar-refractivity contribution in [2.75, 3.05) is 18.6 Å². The summed E-state index contributed by atoms with van der Waals surface area (Å²) in [5.41, 5.74) is 0. The van der Waals surface area contributed by atoms with Gasteiger partial charge >= 0.3 is 5.97 Å². The van der Waals surface area contributed by atoms with Crippen molar-refractivity contribution >= 4 is 17.7 Å². The molecule has 0 unspecified atom stereocenters. The Morgan fingerprint density at radius 3 is 2.67 bits per heavy atom. The number of carbonyl (C=O) groups is 1. The molecule has 0 aliphatic carbocycles. The van der Waals surface area contributed by atoms with Gasteiger partial charge in [-0.05, 0) is 18.6 Å². The van der Waals surface area contributed by atoms with Crippen molar-refractivity contribution in [2.45, 2.75) is 26.7 Å². The summed E-state index contributed by atoms with van der Waals surface area (Å²) in [6.07, 6.45) is 3.49. The van der Waals surface area contributed by atoms with E-state index in [2.05, 4.69) is 13.8 Å². The third kappa shape index (κ3) is 7.92. The largest absolute Gasteiger partial charge is 0.466 e. The Morgan fingerprint density at radius 1 is 1.50 bits per heavy atom. The van der Waals surface area contributed by atoms with Crippen LogP contribution in [0.4, 0.5) is 0 Å². The summed E-state index contributed by atoms with van der Waals surface area (Å²) < 4.78 is 5.00. The van der Waals surface area contributed by atoms with Gasteiger partial charge < -0.3 is 4.74 Å². The van der Waals surface area contributed by atoms with E-state index in [1.165, 1.54) is 0 Å². The Labute approximate surface area is 79.1 Å². The average molecular weight is 190 g/mol. The summed E-state index contributed by atoms with van der Waals surface area (Å²) in [4.78, 5) is 10.9. The lowest BCUT2D eigenvalue weighted by Crippen LogP contribution is -2.08. The van der Waals surface area contributed by atoms with Crippen molar-refractivity contribution in [3.63, 3.8) is 0 Å². The Bertz CT molecular complexity index is 124. The van der Waals surface area contributed by atoms with Crippen LogP contribution in [0.1, 0.15) is 26.7 Å². The van der Waals surface area contributed by atoms with Crippen LogP contribution < -0.4 is 0 Å². The predicted molar refractivity (Wildman–Crippen MR) is 53.4 cm³/mol. The summed E-state index contributed by atoms with van der Waals surface area (Å²) in [6.45, 7) is 4.82. The maximum absolute atomic E-state index is 10.9. The van der Waals surface area contributed by atoms with Crippen molar-refractivity contribution < 1.29 is 9.53 Å². The highest BCUT2D eigenvalue weighted by Gasteiger charge is 2.01. The minimum atomic E-state index is -0.0648. The second-order valence-corrected chi connectivity index (χ2v) is 4.13. The van der Waals surface area contributed by atoms with Crippen molar-refractivity contribution in [2.24, 2.45) is 5.92 Å². The van der Waals surface area contributed by atoms with Crippen LogP contribution in [-0.2, 0) is 9.53 Å². The third-order valence-electron chi connectivity index (χ3n) is 1.47. The zero-order valence-electron chi connectivity index (χ0n) is 8.13. The SMILES string of the molecule is CSCCC(=O)OCCC(C)C. The maximum atomic E-state index is 10.9. The minimum Gasteiger partial charge on any atom is -0.466 e. The van der Waals surface area contributed by atoms with Gasteiger partial charge in [0.2, 0.25) is 0 Å². The van der Waals surface area contributed by atoms with E-state index in [1.54, 1.807) is 11.8 Å². The molecule has 0 spiro atoms. The Balaban J connectivity index is 3.20. The number of rotatable bonds is 6. The fourth-order valence-electron chi connectivity index (χ4n) is 0.666. The first-order valence-corrected chi connectivity index (χ1v) is 5.70. The van der Waals surface area contributed by atoms with Gasteiger partial charge in [0.05, 0.1) is 13.0 Å². The smallest absolute Gasteiger partial charge is 0.306 e. The fraction of sp³-hybridized carbons (Fsp3) is 0.889. The molecule has 0 bridgehead atoms. The van der Waals surface area contributed by atoms with Gasteiger partial charge in [0.1, 0.15) is 0 Å². The summed E-state index contributed by atoms with van der Waals surface area (Å²) in [5, 5.41) is 0. The molecule has 0 saturated heterocycles. The van der Waals surface area contributed by atoms with Gasteiger partial charge in [-0.3, -0.25) is 4.79 Å². The lowest BCUT2D eigenvalue weighted by Gasteiger charge is -2.05. The number of esters is 1. The second-order valence-electron chi connectivity index (χ2n) is 3.15. The molecule has 0 fully saturated rings. The van der Waals surface area contributed by atoms with Gasteiger partial charge in [0, 0.05) is 5.75 Å². The van der Waals surface area contributed by atoms with Gasteiger partial charge in [0.25, 0.3) is 0 Å². The van der Waals surface area contributed by atoms with Crippen molar-refractivity contribution in [3.8, 4) is 0 Å². The van der Waals surface area contributed by atoms with E-state index >= 15 is 0 Å².